The van der Waals surface area contributed by atoms with Crippen LogP contribution in [0.2, 0.25) is 0 Å². The number of methoxy groups -OCH3 is 1. The first-order valence-electron chi connectivity index (χ1n) is 9.71. The monoisotopic (exact) mass is 386 g/mol. The molecule has 0 atom stereocenters. The molecule has 1 aliphatic rings. The maximum absolute atomic E-state index is 13.1. The van der Waals surface area contributed by atoms with Crippen LogP contribution in [-0.4, -0.2) is 53.8 Å². The van der Waals surface area contributed by atoms with Crippen LogP contribution in [0, 0.1) is 0 Å². The summed E-state index contributed by atoms with van der Waals surface area (Å²) < 4.78 is 10.2. The van der Waals surface area contributed by atoms with Crippen LogP contribution in [0.1, 0.15) is 49.4 Å². The van der Waals surface area contributed by atoms with Crippen molar-refractivity contribution in [2.24, 2.45) is 0 Å². The van der Waals surface area contributed by atoms with Crippen LogP contribution in [0.15, 0.2) is 24.4 Å². The SMILES string of the molecule is CCOC(=O)CN(C(=O)C(=O)c1c[nH]c2cc(OC)ccc12)C1CCCCC1. The minimum atomic E-state index is -0.656. The molecule has 7 nitrogen and oxygen atoms in total. The third kappa shape index (κ3) is 4.18. The second kappa shape index (κ2) is 8.91. The second-order valence-electron chi connectivity index (χ2n) is 6.97. The highest BCUT2D eigenvalue weighted by Crippen LogP contribution is 2.26. The fourth-order valence-corrected chi connectivity index (χ4v) is 3.77. The Bertz CT molecular complexity index is 867. The Kier molecular flexibility index (Phi) is 6.34. The molecule has 1 amide bonds. The van der Waals surface area contributed by atoms with Crippen molar-refractivity contribution < 1.29 is 23.9 Å². The van der Waals surface area contributed by atoms with E-state index in [-0.39, 0.29) is 19.2 Å². The van der Waals surface area contributed by atoms with Crippen LogP contribution in [0.3, 0.4) is 0 Å². The minimum Gasteiger partial charge on any atom is -0.497 e. The number of H-pyrrole nitrogens is 1. The van der Waals surface area contributed by atoms with E-state index < -0.39 is 17.7 Å². The van der Waals surface area contributed by atoms with Crippen LogP contribution in [0.5, 0.6) is 5.75 Å². The molecular weight excluding hydrogens is 360 g/mol. The summed E-state index contributed by atoms with van der Waals surface area (Å²) in [7, 11) is 1.57. The highest BCUT2D eigenvalue weighted by molar-refractivity contribution is 6.45. The van der Waals surface area contributed by atoms with Gasteiger partial charge in [-0.05, 0) is 31.9 Å². The van der Waals surface area contributed by atoms with Gasteiger partial charge in [0.25, 0.3) is 11.7 Å². The van der Waals surface area contributed by atoms with Crippen LogP contribution >= 0.6 is 0 Å². The molecule has 1 aliphatic carbocycles. The molecular formula is C21H26N2O5. The van der Waals surface area contributed by atoms with E-state index in [0.717, 1.165) is 32.1 Å². The molecule has 0 radical (unpaired) electrons. The Labute approximate surface area is 164 Å². The summed E-state index contributed by atoms with van der Waals surface area (Å²) in [5.74, 6) is -1.10. The Balaban J connectivity index is 1.86. The van der Waals surface area contributed by atoms with Crippen LogP contribution in [-0.2, 0) is 14.3 Å². The van der Waals surface area contributed by atoms with Gasteiger partial charge in [-0.15, -0.1) is 0 Å². The van der Waals surface area contributed by atoms with Gasteiger partial charge in [0.15, 0.2) is 0 Å². The lowest BCUT2D eigenvalue weighted by atomic mass is 9.93. The fourth-order valence-electron chi connectivity index (χ4n) is 3.77. The maximum Gasteiger partial charge on any atom is 0.325 e. The first kappa shape index (κ1) is 19.9. The minimum absolute atomic E-state index is 0.111. The van der Waals surface area contributed by atoms with Gasteiger partial charge in [0.05, 0.1) is 19.3 Å². The molecule has 3 rings (SSSR count). The van der Waals surface area contributed by atoms with E-state index in [9.17, 15) is 14.4 Å². The summed E-state index contributed by atoms with van der Waals surface area (Å²) in [5.41, 5.74) is 1.01. The molecule has 0 bridgehead atoms. The number of nitrogens with one attached hydrogen (secondary N) is 1. The summed E-state index contributed by atoms with van der Waals surface area (Å²) in [6.07, 6.45) is 6.20. The molecule has 0 aliphatic heterocycles. The van der Waals surface area contributed by atoms with Gasteiger partial charge >= 0.3 is 5.97 Å². The number of hydrogen-bond donors (Lipinski definition) is 1. The van der Waals surface area contributed by atoms with E-state index in [1.54, 1.807) is 32.2 Å². The molecule has 150 valence electrons. The molecule has 1 aromatic carbocycles. The van der Waals surface area contributed by atoms with Gasteiger partial charge in [0, 0.05) is 29.2 Å². The first-order chi connectivity index (χ1) is 13.5. The van der Waals surface area contributed by atoms with E-state index >= 15 is 0 Å². The van der Waals surface area contributed by atoms with Gasteiger partial charge in [0.2, 0.25) is 0 Å². The lowest BCUT2D eigenvalue weighted by Gasteiger charge is -2.33. The summed E-state index contributed by atoms with van der Waals surface area (Å²) in [6, 6.07) is 5.16. The molecule has 1 heterocycles. The number of nitrogens with zero attached hydrogens (tertiary/aromatic N) is 1. The molecule has 2 aromatic rings. The van der Waals surface area contributed by atoms with E-state index in [0.29, 0.717) is 22.2 Å². The van der Waals surface area contributed by atoms with E-state index in [1.807, 2.05) is 0 Å². The van der Waals surface area contributed by atoms with E-state index in [4.69, 9.17) is 9.47 Å². The number of hydrogen-bond acceptors (Lipinski definition) is 5. The molecule has 0 unspecified atom stereocenters. The number of ether oxygens (including phenoxy) is 2. The average Bonchev–Trinajstić information content (AvgIpc) is 3.15. The number of fused-ring (bicyclic) bond motifs is 1. The van der Waals surface area contributed by atoms with Crippen molar-refractivity contribution in [2.75, 3.05) is 20.3 Å². The number of rotatable bonds is 7. The molecule has 0 spiro atoms. The van der Waals surface area contributed by atoms with Crippen molar-refractivity contribution in [3.05, 3.63) is 30.0 Å². The summed E-state index contributed by atoms with van der Waals surface area (Å²) in [4.78, 5) is 42.5. The lowest BCUT2D eigenvalue weighted by molar-refractivity contribution is -0.149. The van der Waals surface area contributed by atoms with Crippen molar-refractivity contribution in [3.8, 4) is 5.75 Å². The van der Waals surface area contributed by atoms with Crippen LogP contribution in [0.4, 0.5) is 0 Å². The smallest absolute Gasteiger partial charge is 0.325 e. The highest BCUT2D eigenvalue weighted by atomic mass is 16.5. The van der Waals surface area contributed by atoms with Gasteiger partial charge in [0.1, 0.15) is 12.3 Å². The van der Waals surface area contributed by atoms with E-state index in [1.165, 1.54) is 11.1 Å². The number of carbonyl (C=O) groups is 3. The van der Waals surface area contributed by atoms with Gasteiger partial charge in [-0.2, -0.15) is 0 Å². The normalized spacial score (nSPS) is 14.6. The van der Waals surface area contributed by atoms with Gasteiger partial charge < -0.3 is 19.4 Å². The summed E-state index contributed by atoms with van der Waals surface area (Å²) in [5, 5.41) is 0.652. The number of ketones is 1. The molecule has 1 fully saturated rings. The number of amides is 1. The lowest BCUT2D eigenvalue weighted by Crippen LogP contribution is -2.47. The predicted octanol–water partition coefficient (Wildman–Crippen LogP) is 3.08. The molecule has 1 N–H and O–H groups in total. The summed E-state index contributed by atoms with van der Waals surface area (Å²) >= 11 is 0. The predicted molar refractivity (Wildman–Crippen MR) is 104 cm³/mol. The van der Waals surface area contributed by atoms with Crippen LogP contribution in [0.25, 0.3) is 10.9 Å². The number of esters is 1. The largest absolute Gasteiger partial charge is 0.497 e. The molecule has 1 aromatic heterocycles. The maximum atomic E-state index is 13.1. The topological polar surface area (TPSA) is 88.7 Å². The van der Waals surface area contributed by atoms with Crippen molar-refractivity contribution >= 4 is 28.6 Å². The molecule has 7 heteroatoms. The number of Topliss-reactive ketones (excluding diaryl/α,β-unsaturated/α-hetero) is 1. The summed E-state index contributed by atoms with van der Waals surface area (Å²) in [6.45, 7) is 1.76. The standard InChI is InChI=1S/C21H26N2O5/c1-3-28-19(24)13-23(14-7-5-4-6-8-14)21(26)20(25)17-12-22-18-11-15(27-2)9-10-16(17)18/h9-12,14,22H,3-8,13H2,1-2H3. The van der Waals surface area contributed by atoms with Crippen molar-refractivity contribution in [1.29, 1.82) is 0 Å². The van der Waals surface area contributed by atoms with E-state index in [2.05, 4.69) is 4.98 Å². The average molecular weight is 386 g/mol. The van der Waals surface area contributed by atoms with Crippen molar-refractivity contribution in [2.45, 2.75) is 45.1 Å². The second-order valence-corrected chi connectivity index (χ2v) is 6.97. The Hall–Kier alpha value is -2.83. The third-order valence-corrected chi connectivity index (χ3v) is 5.21. The fraction of sp³-hybridized carbons (Fsp3) is 0.476. The van der Waals surface area contributed by atoms with Gasteiger partial charge in [-0.1, -0.05) is 19.3 Å². The third-order valence-electron chi connectivity index (χ3n) is 5.21. The Morgan fingerprint density at radius 2 is 1.93 bits per heavy atom. The number of aromatic nitrogens is 1. The van der Waals surface area contributed by atoms with Crippen molar-refractivity contribution in [3.63, 3.8) is 0 Å². The van der Waals surface area contributed by atoms with Gasteiger partial charge in [-0.3, -0.25) is 14.4 Å². The number of aromatic amines is 1. The van der Waals surface area contributed by atoms with Gasteiger partial charge in [-0.25, -0.2) is 0 Å². The first-order valence-corrected chi connectivity index (χ1v) is 9.71. The zero-order chi connectivity index (χ0) is 20.1. The zero-order valence-corrected chi connectivity index (χ0v) is 16.3. The quantitative estimate of drug-likeness (QED) is 0.449. The zero-order valence-electron chi connectivity index (χ0n) is 16.3. The van der Waals surface area contributed by atoms with Crippen LogP contribution < -0.4 is 4.74 Å². The Morgan fingerprint density at radius 3 is 2.61 bits per heavy atom. The van der Waals surface area contributed by atoms with Crippen molar-refractivity contribution in [1.82, 2.24) is 9.88 Å². The molecule has 0 saturated heterocycles. The number of benzene rings is 1. The molecule has 1 saturated carbocycles. The highest BCUT2D eigenvalue weighted by Gasteiger charge is 2.33. The Morgan fingerprint density at radius 1 is 1.18 bits per heavy atom. The number of carbonyl (C=O) groups excluding carboxylic acids is 3. The molecule has 28 heavy (non-hydrogen) atoms.